The maximum absolute atomic E-state index is 12.6. The molecule has 1 amide bonds. The van der Waals surface area contributed by atoms with Crippen LogP contribution in [-0.2, 0) is 11.2 Å². The van der Waals surface area contributed by atoms with Crippen molar-refractivity contribution in [3.63, 3.8) is 0 Å². The number of fused-ring (bicyclic) bond motifs is 1. The summed E-state index contributed by atoms with van der Waals surface area (Å²) >= 11 is 1.72. The molecular weight excluding hydrogens is 470 g/mol. The number of thiazole rings is 1. The molecule has 0 radical (unpaired) electrons. The number of carbonyl (C=O) groups excluding carboxylic acids is 1. The van der Waals surface area contributed by atoms with Crippen molar-refractivity contribution in [2.24, 2.45) is 0 Å². The third kappa shape index (κ3) is 5.26. The Morgan fingerprint density at radius 3 is 2.86 bits per heavy atom. The number of rotatable bonds is 8. The van der Waals surface area contributed by atoms with Crippen molar-refractivity contribution < 1.29 is 9.53 Å². The summed E-state index contributed by atoms with van der Waals surface area (Å²) in [4.78, 5) is 20.5. The van der Waals surface area contributed by atoms with Gasteiger partial charge in [0.25, 0.3) is 0 Å². The van der Waals surface area contributed by atoms with Crippen LogP contribution in [-0.4, -0.2) is 61.7 Å². The van der Waals surface area contributed by atoms with Crippen molar-refractivity contribution in [2.45, 2.75) is 38.8 Å². The first-order valence-electron chi connectivity index (χ1n) is 12.8. The minimum atomic E-state index is 0.119. The number of nitrogens with one attached hydrogen (secondary N) is 3. The van der Waals surface area contributed by atoms with Crippen LogP contribution in [0.1, 0.15) is 37.4 Å². The molecule has 1 atom stereocenters. The summed E-state index contributed by atoms with van der Waals surface area (Å²) in [7, 11) is 1.91. The van der Waals surface area contributed by atoms with Gasteiger partial charge in [-0.25, -0.2) is 4.98 Å². The van der Waals surface area contributed by atoms with Gasteiger partial charge in [-0.05, 0) is 61.6 Å². The Morgan fingerprint density at radius 2 is 2.08 bits per heavy atom. The molecule has 0 spiro atoms. The molecule has 2 heterocycles. The summed E-state index contributed by atoms with van der Waals surface area (Å²) in [5.41, 5.74) is 5.97. The van der Waals surface area contributed by atoms with E-state index >= 15 is 0 Å². The van der Waals surface area contributed by atoms with E-state index in [1.807, 2.05) is 38.1 Å². The Labute approximate surface area is 217 Å². The number of ether oxygens (including phenoxy) is 1. The van der Waals surface area contributed by atoms with Gasteiger partial charge in [0.1, 0.15) is 10.8 Å². The number of anilines is 1. The summed E-state index contributed by atoms with van der Waals surface area (Å²) in [5, 5.41) is 11.1. The minimum Gasteiger partial charge on any atom is -0.489 e. The molecule has 1 saturated heterocycles. The summed E-state index contributed by atoms with van der Waals surface area (Å²) in [6.45, 7) is 7.80. The standard InChI is InChI=1S/C28H35N5O2S/c1-18(2)35-25-10-7-19(15-24(25)29-3)28-32-16-26(36-28)22-6-4-5-21-20(22)8-9-23(21)31-17-27(34)33-13-11-30-12-14-33/h4-7,10,15-16,18,23,29-31H,8-9,11-14,17H2,1-3H3. The van der Waals surface area contributed by atoms with E-state index in [0.29, 0.717) is 6.54 Å². The topological polar surface area (TPSA) is 78.5 Å². The number of amides is 1. The highest BCUT2D eigenvalue weighted by Gasteiger charge is 2.27. The third-order valence-electron chi connectivity index (χ3n) is 6.87. The third-order valence-corrected chi connectivity index (χ3v) is 7.95. The minimum absolute atomic E-state index is 0.119. The molecule has 1 fully saturated rings. The van der Waals surface area contributed by atoms with Crippen molar-refractivity contribution in [1.29, 1.82) is 0 Å². The lowest BCUT2D eigenvalue weighted by atomic mass is 10.0. The Hall–Kier alpha value is -2.94. The average Bonchev–Trinajstić information content (AvgIpc) is 3.55. The first-order chi connectivity index (χ1) is 17.5. The van der Waals surface area contributed by atoms with E-state index in [0.717, 1.165) is 61.0 Å². The summed E-state index contributed by atoms with van der Waals surface area (Å²) in [6, 6.07) is 12.9. The first-order valence-corrected chi connectivity index (χ1v) is 13.6. The number of benzene rings is 2. The lowest BCUT2D eigenvalue weighted by Crippen LogP contribution is -2.49. The van der Waals surface area contributed by atoms with Crippen LogP contribution in [0.5, 0.6) is 5.75 Å². The fourth-order valence-corrected chi connectivity index (χ4v) is 6.05. The molecule has 1 aliphatic carbocycles. The number of aromatic nitrogens is 1. The zero-order valence-electron chi connectivity index (χ0n) is 21.3. The SMILES string of the molecule is CNc1cc(-c2ncc(-c3cccc4c3CCC4NCC(=O)N3CCNCC3)s2)ccc1OC(C)C. The first kappa shape index (κ1) is 24.7. The number of hydrogen-bond acceptors (Lipinski definition) is 7. The maximum Gasteiger partial charge on any atom is 0.236 e. The van der Waals surface area contributed by atoms with Crippen LogP contribution in [0.15, 0.2) is 42.6 Å². The number of carbonyl (C=O) groups is 1. The van der Waals surface area contributed by atoms with Gasteiger partial charge >= 0.3 is 0 Å². The summed E-state index contributed by atoms with van der Waals surface area (Å²) < 4.78 is 5.92. The smallest absolute Gasteiger partial charge is 0.236 e. The van der Waals surface area contributed by atoms with Gasteiger partial charge in [0.05, 0.1) is 23.2 Å². The van der Waals surface area contributed by atoms with E-state index in [1.165, 1.54) is 21.6 Å². The second-order valence-corrected chi connectivity index (χ2v) is 10.7. The Balaban J connectivity index is 1.32. The molecule has 2 aromatic carbocycles. The predicted octanol–water partition coefficient (Wildman–Crippen LogP) is 4.31. The highest BCUT2D eigenvalue weighted by atomic mass is 32.1. The molecule has 1 aliphatic heterocycles. The van der Waals surface area contributed by atoms with Crippen molar-refractivity contribution in [1.82, 2.24) is 20.5 Å². The second kappa shape index (κ2) is 11.0. The maximum atomic E-state index is 12.6. The molecule has 0 saturated carbocycles. The van der Waals surface area contributed by atoms with Crippen LogP contribution in [0.3, 0.4) is 0 Å². The summed E-state index contributed by atoms with van der Waals surface area (Å²) in [6.07, 6.45) is 4.12. The lowest BCUT2D eigenvalue weighted by molar-refractivity contribution is -0.130. The van der Waals surface area contributed by atoms with Crippen LogP contribution >= 0.6 is 11.3 Å². The number of nitrogens with zero attached hydrogens (tertiary/aromatic N) is 2. The molecule has 7 nitrogen and oxygen atoms in total. The quantitative estimate of drug-likeness (QED) is 0.423. The Morgan fingerprint density at radius 1 is 1.25 bits per heavy atom. The van der Waals surface area contributed by atoms with E-state index in [2.05, 4.69) is 46.3 Å². The predicted molar refractivity (Wildman–Crippen MR) is 147 cm³/mol. The van der Waals surface area contributed by atoms with Crippen molar-refractivity contribution >= 4 is 22.9 Å². The number of piperazine rings is 1. The Kier molecular flexibility index (Phi) is 7.55. The highest BCUT2D eigenvalue weighted by Crippen LogP contribution is 2.41. The van der Waals surface area contributed by atoms with Crippen LogP contribution < -0.4 is 20.7 Å². The van der Waals surface area contributed by atoms with Gasteiger partial charge in [0.15, 0.2) is 0 Å². The van der Waals surface area contributed by atoms with Gasteiger partial charge in [-0.2, -0.15) is 0 Å². The molecule has 190 valence electrons. The molecule has 1 aromatic heterocycles. The summed E-state index contributed by atoms with van der Waals surface area (Å²) in [5.74, 6) is 1.04. The van der Waals surface area contributed by atoms with Gasteiger partial charge in [-0.15, -0.1) is 11.3 Å². The Bertz CT molecular complexity index is 1220. The average molecular weight is 506 g/mol. The highest BCUT2D eigenvalue weighted by molar-refractivity contribution is 7.18. The van der Waals surface area contributed by atoms with Gasteiger partial charge in [0.2, 0.25) is 5.91 Å². The lowest BCUT2D eigenvalue weighted by Gasteiger charge is -2.28. The molecular formula is C28H35N5O2S. The second-order valence-electron chi connectivity index (χ2n) is 9.63. The fraction of sp³-hybridized carbons (Fsp3) is 0.429. The fourth-order valence-electron chi connectivity index (χ4n) is 5.08. The van der Waals surface area contributed by atoms with E-state index in [4.69, 9.17) is 9.72 Å². The molecule has 1 unspecified atom stereocenters. The van der Waals surface area contributed by atoms with Gasteiger partial charge in [0, 0.05) is 51.0 Å². The molecule has 2 aliphatic rings. The van der Waals surface area contributed by atoms with E-state index < -0.39 is 0 Å². The van der Waals surface area contributed by atoms with Crippen LogP contribution in [0.25, 0.3) is 21.0 Å². The zero-order chi connectivity index (χ0) is 25.1. The monoisotopic (exact) mass is 505 g/mol. The van der Waals surface area contributed by atoms with Crippen molar-refractivity contribution in [3.8, 4) is 26.8 Å². The van der Waals surface area contributed by atoms with Crippen molar-refractivity contribution in [3.05, 3.63) is 53.7 Å². The number of hydrogen-bond donors (Lipinski definition) is 3. The van der Waals surface area contributed by atoms with Crippen LogP contribution in [0.2, 0.25) is 0 Å². The van der Waals surface area contributed by atoms with Gasteiger partial charge < -0.3 is 25.6 Å². The molecule has 5 rings (SSSR count). The largest absolute Gasteiger partial charge is 0.489 e. The molecule has 3 aromatic rings. The normalized spacial score (nSPS) is 17.3. The van der Waals surface area contributed by atoms with E-state index in [1.54, 1.807) is 11.3 Å². The molecule has 8 heteroatoms. The van der Waals surface area contributed by atoms with E-state index in [9.17, 15) is 4.79 Å². The van der Waals surface area contributed by atoms with Crippen molar-refractivity contribution in [2.75, 3.05) is 45.1 Å². The zero-order valence-corrected chi connectivity index (χ0v) is 22.1. The van der Waals surface area contributed by atoms with Gasteiger partial charge in [-0.3, -0.25) is 4.79 Å². The molecule has 3 N–H and O–H groups in total. The van der Waals surface area contributed by atoms with E-state index in [-0.39, 0.29) is 18.1 Å². The van der Waals surface area contributed by atoms with Crippen LogP contribution in [0.4, 0.5) is 5.69 Å². The van der Waals surface area contributed by atoms with Gasteiger partial charge in [-0.1, -0.05) is 18.2 Å². The van der Waals surface area contributed by atoms with Crippen LogP contribution in [0, 0.1) is 0 Å². The molecule has 0 bridgehead atoms. The molecule has 36 heavy (non-hydrogen) atoms.